The zero-order valence-corrected chi connectivity index (χ0v) is 27.9. The second-order valence-corrected chi connectivity index (χ2v) is 11.5. The Labute approximate surface area is 266 Å². The number of unbranched alkanes of at least 4 members (excludes halogenated alkanes) is 13. The molecular weight excluding hydrogens is 530 g/mol. The summed E-state index contributed by atoms with van der Waals surface area (Å²) in [4.78, 5) is 12.3. The normalized spacial score (nSPS) is 14.0. The molecule has 0 aliphatic heterocycles. The minimum atomic E-state index is -0.875. The van der Waals surface area contributed by atoms with E-state index < -0.39 is 12.1 Å². The molecule has 0 spiro atoms. The highest BCUT2D eigenvalue weighted by Gasteiger charge is 2.17. The summed E-state index contributed by atoms with van der Waals surface area (Å²) in [7, 11) is 0. The first-order valence-corrected chi connectivity index (χ1v) is 17.7. The van der Waals surface area contributed by atoms with E-state index in [-0.39, 0.29) is 12.5 Å². The second-order valence-electron chi connectivity index (χ2n) is 11.5. The van der Waals surface area contributed by atoms with Crippen molar-refractivity contribution in [3.63, 3.8) is 0 Å². The van der Waals surface area contributed by atoms with Crippen molar-refractivity contribution in [1.82, 2.24) is 5.32 Å². The van der Waals surface area contributed by atoms with E-state index in [4.69, 9.17) is 0 Å². The van der Waals surface area contributed by atoms with Crippen LogP contribution in [0.25, 0.3) is 0 Å². The van der Waals surface area contributed by atoms with E-state index in [1.807, 2.05) is 6.08 Å². The van der Waals surface area contributed by atoms with Crippen molar-refractivity contribution in [3.8, 4) is 0 Å². The predicted molar refractivity (Wildman–Crippen MR) is 188 cm³/mol. The summed E-state index contributed by atoms with van der Waals surface area (Å²) < 4.78 is 0. The Bertz CT molecular complexity index is 777. The van der Waals surface area contributed by atoms with Crippen LogP contribution in [0.1, 0.15) is 149 Å². The van der Waals surface area contributed by atoms with Crippen molar-refractivity contribution in [2.75, 3.05) is 6.61 Å². The van der Waals surface area contributed by atoms with Gasteiger partial charge in [-0.25, -0.2) is 0 Å². The molecule has 0 saturated carbocycles. The Kier molecular flexibility index (Phi) is 32.6. The lowest BCUT2D eigenvalue weighted by atomic mass is 10.1. The molecule has 0 aliphatic carbocycles. The number of carbonyl (C=O) groups is 1. The van der Waals surface area contributed by atoms with Crippen LogP contribution in [0.3, 0.4) is 0 Å². The zero-order valence-electron chi connectivity index (χ0n) is 27.9. The Morgan fingerprint density at radius 2 is 1.05 bits per heavy atom. The van der Waals surface area contributed by atoms with Gasteiger partial charge in [0, 0.05) is 6.42 Å². The Morgan fingerprint density at radius 1 is 0.581 bits per heavy atom. The number of allylic oxidation sites excluding steroid dienone is 11. The van der Waals surface area contributed by atoms with Crippen molar-refractivity contribution in [3.05, 3.63) is 72.9 Å². The van der Waals surface area contributed by atoms with Crippen LogP contribution in [0, 0.1) is 0 Å². The van der Waals surface area contributed by atoms with Crippen molar-refractivity contribution < 1.29 is 15.0 Å². The van der Waals surface area contributed by atoms with E-state index in [0.717, 1.165) is 70.6 Å². The van der Waals surface area contributed by atoms with Crippen molar-refractivity contribution >= 4 is 5.91 Å². The number of rotatable bonds is 30. The number of aliphatic hydroxyl groups excluding tert-OH is 2. The fourth-order valence-electron chi connectivity index (χ4n) is 4.69. The van der Waals surface area contributed by atoms with Gasteiger partial charge < -0.3 is 15.5 Å². The fraction of sp³-hybridized carbons (Fsp3) is 0.667. The number of hydrogen-bond acceptors (Lipinski definition) is 3. The van der Waals surface area contributed by atoms with Crippen LogP contribution in [0.5, 0.6) is 0 Å². The average Bonchev–Trinajstić information content (AvgIpc) is 3.01. The molecule has 0 radical (unpaired) electrons. The van der Waals surface area contributed by atoms with Gasteiger partial charge in [0.2, 0.25) is 5.91 Å². The van der Waals surface area contributed by atoms with Gasteiger partial charge in [-0.2, -0.15) is 0 Å². The first-order chi connectivity index (χ1) is 21.2. The Morgan fingerprint density at radius 3 is 1.63 bits per heavy atom. The second kappa shape index (κ2) is 34.3. The lowest BCUT2D eigenvalue weighted by Gasteiger charge is -2.19. The molecular formula is C39H67NO3. The largest absolute Gasteiger partial charge is 0.394 e. The zero-order chi connectivity index (χ0) is 31.5. The Hall–Kier alpha value is -2.17. The molecule has 4 heteroatoms. The minimum Gasteiger partial charge on any atom is -0.394 e. The van der Waals surface area contributed by atoms with Gasteiger partial charge in [0.1, 0.15) is 0 Å². The molecule has 0 aromatic rings. The first-order valence-electron chi connectivity index (χ1n) is 17.7. The molecule has 0 aliphatic rings. The van der Waals surface area contributed by atoms with Crippen LogP contribution < -0.4 is 5.32 Å². The number of aliphatic hydroxyl groups is 2. The van der Waals surface area contributed by atoms with Crippen LogP contribution in [-0.4, -0.2) is 34.9 Å². The third kappa shape index (κ3) is 31.1. The van der Waals surface area contributed by atoms with Gasteiger partial charge in [0.25, 0.3) is 0 Å². The summed E-state index contributed by atoms with van der Waals surface area (Å²) in [5, 5.41) is 22.8. The maximum absolute atomic E-state index is 12.3. The molecule has 2 unspecified atom stereocenters. The summed E-state index contributed by atoms with van der Waals surface area (Å²) in [5.74, 6) is -0.0940. The van der Waals surface area contributed by atoms with Crippen molar-refractivity contribution in [2.45, 2.75) is 161 Å². The molecule has 2 atom stereocenters. The minimum absolute atomic E-state index is 0.0940. The van der Waals surface area contributed by atoms with Gasteiger partial charge in [-0.05, 0) is 77.0 Å². The van der Waals surface area contributed by atoms with E-state index in [2.05, 4.69) is 79.9 Å². The molecule has 0 heterocycles. The van der Waals surface area contributed by atoms with Gasteiger partial charge >= 0.3 is 0 Å². The SMILES string of the molecule is CC/C=C\C/C=C\C/C=C\CCCCCCCCCC(=O)NC(CO)C(O)/C=C/CC/C=C/CC/C=C/CCCCCC. The standard InChI is InChI=1S/C39H67NO3/c1-3-5-7-9-11-13-15-17-19-20-21-23-25-27-29-31-33-35-39(43)40-37(36-41)38(42)34-32-30-28-26-24-22-18-16-14-12-10-8-6-4-2/h5,7,11,13-14,16-17,19,24,26,32,34,37-38,41-42H,3-4,6,8-10,12,15,18,20-23,25,27-31,33,35-36H2,1-2H3,(H,40,43)/b7-5-,13-11-,16-14+,19-17-,26-24+,34-32+. The van der Waals surface area contributed by atoms with E-state index in [1.165, 1.54) is 57.8 Å². The molecule has 0 rings (SSSR count). The highest BCUT2D eigenvalue weighted by atomic mass is 16.3. The number of carbonyl (C=O) groups excluding carboxylic acids is 1. The molecule has 0 fully saturated rings. The van der Waals surface area contributed by atoms with Crippen LogP contribution in [0.4, 0.5) is 0 Å². The first kappa shape index (κ1) is 40.8. The van der Waals surface area contributed by atoms with E-state index >= 15 is 0 Å². The molecule has 43 heavy (non-hydrogen) atoms. The molecule has 0 aromatic carbocycles. The van der Waals surface area contributed by atoms with Gasteiger partial charge in [-0.15, -0.1) is 0 Å². The summed E-state index contributed by atoms with van der Waals surface area (Å²) >= 11 is 0. The lowest BCUT2D eigenvalue weighted by molar-refractivity contribution is -0.123. The molecule has 0 aromatic heterocycles. The lowest BCUT2D eigenvalue weighted by Crippen LogP contribution is -2.45. The molecule has 3 N–H and O–H groups in total. The molecule has 0 saturated heterocycles. The molecule has 246 valence electrons. The number of amides is 1. The topological polar surface area (TPSA) is 69.6 Å². The summed E-state index contributed by atoms with van der Waals surface area (Å²) in [6.07, 6.45) is 48.3. The van der Waals surface area contributed by atoms with Crippen LogP contribution >= 0.6 is 0 Å². The molecule has 0 bridgehead atoms. The van der Waals surface area contributed by atoms with Crippen molar-refractivity contribution in [2.24, 2.45) is 0 Å². The van der Waals surface area contributed by atoms with Crippen molar-refractivity contribution in [1.29, 1.82) is 0 Å². The fourth-order valence-corrected chi connectivity index (χ4v) is 4.69. The number of nitrogens with one attached hydrogen (secondary N) is 1. The maximum atomic E-state index is 12.3. The van der Waals surface area contributed by atoms with Gasteiger partial charge in [0.15, 0.2) is 0 Å². The van der Waals surface area contributed by atoms with E-state index in [9.17, 15) is 15.0 Å². The summed E-state index contributed by atoms with van der Waals surface area (Å²) in [6.45, 7) is 4.13. The predicted octanol–water partition coefficient (Wildman–Crippen LogP) is 10.4. The van der Waals surface area contributed by atoms with E-state index in [1.54, 1.807) is 6.08 Å². The summed E-state index contributed by atoms with van der Waals surface area (Å²) in [6, 6.07) is -0.652. The molecule has 4 nitrogen and oxygen atoms in total. The maximum Gasteiger partial charge on any atom is 0.220 e. The van der Waals surface area contributed by atoms with Crippen LogP contribution in [0.2, 0.25) is 0 Å². The van der Waals surface area contributed by atoms with Gasteiger partial charge in [-0.3, -0.25) is 4.79 Å². The highest BCUT2D eigenvalue weighted by molar-refractivity contribution is 5.76. The molecule has 1 amide bonds. The summed E-state index contributed by atoms with van der Waals surface area (Å²) in [5.41, 5.74) is 0. The third-order valence-corrected chi connectivity index (χ3v) is 7.40. The van der Waals surface area contributed by atoms with Gasteiger partial charge in [-0.1, -0.05) is 138 Å². The highest BCUT2D eigenvalue weighted by Crippen LogP contribution is 2.11. The number of hydrogen-bond donors (Lipinski definition) is 3. The van der Waals surface area contributed by atoms with Gasteiger partial charge in [0.05, 0.1) is 18.8 Å². The van der Waals surface area contributed by atoms with E-state index in [0.29, 0.717) is 6.42 Å². The monoisotopic (exact) mass is 598 g/mol. The quantitative estimate of drug-likeness (QED) is 0.0570. The van der Waals surface area contributed by atoms with Crippen LogP contribution in [0.15, 0.2) is 72.9 Å². The van der Waals surface area contributed by atoms with Crippen LogP contribution in [-0.2, 0) is 4.79 Å². The smallest absolute Gasteiger partial charge is 0.220 e. The Balaban J connectivity index is 3.75. The average molecular weight is 598 g/mol. The third-order valence-electron chi connectivity index (χ3n) is 7.40.